The minimum atomic E-state index is -1.18. The number of hydrogen-bond donors (Lipinski definition) is 7. The Morgan fingerprint density at radius 2 is 1.76 bits per heavy atom. The summed E-state index contributed by atoms with van der Waals surface area (Å²) in [6, 6.07) is 5.47. The lowest BCUT2D eigenvalue weighted by atomic mass is 10.00. The van der Waals surface area contributed by atoms with Crippen molar-refractivity contribution in [2.45, 2.75) is 70.1 Å². The molecule has 0 aliphatic carbocycles. The molecule has 1 saturated heterocycles. The summed E-state index contributed by atoms with van der Waals surface area (Å²) in [7, 11) is 0. The van der Waals surface area contributed by atoms with Gasteiger partial charge in [0, 0.05) is 13.0 Å². The number of hydrogen-bond acceptors (Lipinski definition) is 6. The number of carbonyl (C=O) groups is 4. The highest BCUT2D eigenvalue weighted by molar-refractivity contribution is 5.94. The van der Waals surface area contributed by atoms with Crippen LogP contribution >= 0.6 is 0 Å². The van der Waals surface area contributed by atoms with Crippen LogP contribution in [0.5, 0.6) is 0 Å². The third kappa shape index (κ3) is 10.1. The van der Waals surface area contributed by atoms with Gasteiger partial charge in [-0.25, -0.2) is 4.79 Å². The van der Waals surface area contributed by atoms with Crippen LogP contribution in [0.2, 0.25) is 0 Å². The maximum absolute atomic E-state index is 13.2. The second kappa shape index (κ2) is 14.8. The molecule has 0 bridgehead atoms. The van der Waals surface area contributed by atoms with Crippen LogP contribution in [0.4, 0.5) is 0 Å². The minimum Gasteiger partial charge on any atom is -0.480 e. The smallest absolute Gasteiger partial charge is 0.326 e. The van der Waals surface area contributed by atoms with Crippen molar-refractivity contribution >= 4 is 29.7 Å². The van der Waals surface area contributed by atoms with Crippen molar-refractivity contribution in [3.8, 4) is 0 Å². The number of carbonyl (C=O) groups excluding carboxylic acids is 3. The normalized spacial score (nSPS) is 17.3. The fraction of sp³-hybridized carbons (Fsp3) is 0.560. The maximum atomic E-state index is 13.2. The first kappa shape index (κ1) is 29.6. The van der Waals surface area contributed by atoms with Gasteiger partial charge in [0.15, 0.2) is 5.96 Å². The number of nitrogens with two attached hydrogens (primary N) is 2. The molecule has 1 heterocycles. The van der Waals surface area contributed by atoms with Gasteiger partial charge in [-0.3, -0.25) is 19.4 Å². The van der Waals surface area contributed by atoms with E-state index in [2.05, 4.69) is 26.3 Å². The topological polar surface area (TPSA) is 201 Å². The summed E-state index contributed by atoms with van der Waals surface area (Å²) in [5.74, 6) is -3.04. The predicted molar refractivity (Wildman–Crippen MR) is 139 cm³/mol. The molecule has 1 aromatic carbocycles. The molecule has 0 saturated carbocycles. The van der Waals surface area contributed by atoms with E-state index in [-0.39, 0.29) is 43.2 Å². The molecule has 1 aromatic rings. The van der Waals surface area contributed by atoms with Crippen molar-refractivity contribution in [2.75, 3.05) is 13.1 Å². The minimum absolute atomic E-state index is 0.0692. The van der Waals surface area contributed by atoms with Gasteiger partial charge in [0.1, 0.15) is 18.1 Å². The second-order valence-electron chi connectivity index (χ2n) is 9.48. The van der Waals surface area contributed by atoms with Crippen LogP contribution in [0, 0.1) is 5.92 Å². The fourth-order valence-electron chi connectivity index (χ4n) is 4.05. The fourth-order valence-corrected chi connectivity index (χ4v) is 4.05. The van der Waals surface area contributed by atoms with Gasteiger partial charge in [0.05, 0.1) is 6.04 Å². The molecule has 37 heavy (non-hydrogen) atoms. The van der Waals surface area contributed by atoms with Gasteiger partial charge in [0.25, 0.3) is 0 Å². The molecule has 1 aliphatic rings. The van der Waals surface area contributed by atoms with Gasteiger partial charge in [-0.1, -0.05) is 44.2 Å². The Kier molecular flexibility index (Phi) is 11.8. The largest absolute Gasteiger partial charge is 0.480 e. The van der Waals surface area contributed by atoms with E-state index in [0.717, 1.165) is 18.5 Å². The van der Waals surface area contributed by atoms with Crippen molar-refractivity contribution in [1.82, 2.24) is 21.3 Å². The molecule has 0 aromatic heterocycles. The molecule has 1 fully saturated rings. The highest BCUT2D eigenvalue weighted by atomic mass is 16.4. The Hall–Kier alpha value is -3.67. The number of aliphatic imine (C=N–C) groups is 1. The van der Waals surface area contributed by atoms with Gasteiger partial charge in [-0.05, 0) is 43.7 Å². The third-order valence-corrected chi connectivity index (χ3v) is 6.10. The van der Waals surface area contributed by atoms with Crippen molar-refractivity contribution in [3.05, 3.63) is 35.9 Å². The third-order valence-electron chi connectivity index (χ3n) is 6.10. The molecule has 2 rings (SSSR count). The first-order valence-corrected chi connectivity index (χ1v) is 12.5. The zero-order valence-corrected chi connectivity index (χ0v) is 21.4. The van der Waals surface area contributed by atoms with E-state index in [1.807, 2.05) is 6.07 Å². The van der Waals surface area contributed by atoms with Crippen molar-refractivity contribution in [1.29, 1.82) is 0 Å². The maximum Gasteiger partial charge on any atom is 0.326 e. The highest BCUT2D eigenvalue weighted by Gasteiger charge is 2.32. The van der Waals surface area contributed by atoms with Crippen molar-refractivity contribution < 1.29 is 24.3 Å². The predicted octanol–water partition coefficient (Wildman–Crippen LogP) is -0.770. The zero-order chi connectivity index (χ0) is 27.4. The zero-order valence-electron chi connectivity index (χ0n) is 21.4. The summed E-state index contributed by atoms with van der Waals surface area (Å²) < 4.78 is 0. The summed E-state index contributed by atoms with van der Waals surface area (Å²) in [6.07, 6.45) is 2.30. The Bertz CT molecular complexity index is 944. The number of rotatable bonds is 14. The van der Waals surface area contributed by atoms with Gasteiger partial charge in [0.2, 0.25) is 17.7 Å². The van der Waals surface area contributed by atoms with Crippen LogP contribution in [0.3, 0.4) is 0 Å². The number of aliphatic carboxylic acids is 1. The van der Waals surface area contributed by atoms with Crippen molar-refractivity contribution in [3.63, 3.8) is 0 Å². The van der Waals surface area contributed by atoms with Gasteiger partial charge in [-0.15, -0.1) is 0 Å². The van der Waals surface area contributed by atoms with Crippen LogP contribution in [-0.4, -0.2) is 72.0 Å². The Labute approximate surface area is 217 Å². The lowest BCUT2D eigenvalue weighted by Crippen LogP contribution is -2.58. The lowest BCUT2D eigenvalue weighted by Gasteiger charge is -2.27. The van der Waals surface area contributed by atoms with Crippen LogP contribution in [0.15, 0.2) is 35.3 Å². The van der Waals surface area contributed by atoms with Crippen LogP contribution in [-0.2, 0) is 25.6 Å². The number of amides is 3. The van der Waals surface area contributed by atoms with E-state index >= 15 is 0 Å². The first-order valence-electron chi connectivity index (χ1n) is 12.5. The van der Waals surface area contributed by atoms with Crippen LogP contribution in [0.25, 0.3) is 0 Å². The molecule has 0 unspecified atom stereocenters. The molecule has 204 valence electrons. The average molecular weight is 518 g/mol. The van der Waals surface area contributed by atoms with E-state index in [9.17, 15) is 24.3 Å². The van der Waals surface area contributed by atoms with E-state index < -0.39 is 35.9 Å². The monoisotopic (exact) mass is 517 g/mol. The standard InChI is InChI=1S/C25H39N7O5/c1-15(2)20(23(35)31-19(24(36)37)14-16-8-4-3-5-9-16)32-22(34)18(11-7-13-29-25(26)27)30-21(33)17-10-6-12-28-17/h3-5,8-9,15,17-20,28H,6-7,10-14H2,1-2H3,(H,30,33)(H,31,35)(H,32,34)(H,36,37)(H4,26,27,29)/t17-,18-,19-,20-/m0/s1. The van der Waals surface area contributed by atoms with Crippen molar-refractivity contribution in [2.24, 2.45) is 22.4 Å². The Balaban J connectivity index is 2.09. The van der Waals surface area contributed by atoms with E-state index in [1.54, 1.807) is 38.1 Å². The van der Waals surface area contributed by atoms with Crippen LogP contribution < -0.4 is 32.7 Å². The quantitative estimate of drug-likeness (QED) is 0.0946. The Morgan fingerprint density at radius 1 is 1.05 bits per heavy atom. The van der Waals surface area contributed by atoms with Gasteiger partial charge >= 0.3 is 5.97 Å². The van der Waals surface area contributed by atoms with E-state index in [1.165, 1.54) is 0 Å². The highest BCUT2D eigenvalue weighted by Crippen LogP contribution is 2.10. The SMILES string of the molecule is CC(C)[C@H](NC(=O)[C@H](CCCN=C(N)N)NC(=O)[C@@H]1CCCN1)C(=O)N[C@@H](Cc1ccccc1)C(=O)O. The number of carboxylic acid groups (broad SMARTS) is 1. The van der Waals surface area contributed by atoms with Gasteiger partial charge in [-0.2, -0.15) is 0 Å². The average Bonchev–Trinajstić information content (AvgIpc) is 3.39. The Morgan fingerprint density at radius 3 is 2.32 bits per heavy atom. The molecular weight excluding hydrogens is 478 g/mol. The van der Waals surface area contributed by atoms with Gasteiger partial charge < -0.3 is 37.8 Å². The van der Waals surface area contributed by atoms with E-state index in [0.29, 0.717) is 12.8 Å². The molecule has 9 N–H and O–H groups in total. The second-order valence-corrected chi connectivity index (χ2v) is 9.48. The number of guanidine groups is 1. The molecule has 12 heteroatoms. The molecule has 4 atom stereocenters. The summed E-state index contributed by atoms with van der Waals surface area (Å²) in [6.45, 7) is 4.48. The lowest BCUT2D eigenvalue weighted by molar-refractivity contribution is -0.142. The summed E-state index contributed by atoms with van der Waals surface area (Å²) in [5, 5.41) is 20.8. The summed E-state index contributed by atoms with van der Waals surface area (Å²) in [4.78, 5) is 54.7. The van der Waals surface area contributed by atoms with E-state index in [4.69, 9.17) is 11.5 Å². The van der Waals surface area contributed by atoms with Crippen LogP contribution in [0.1, 0.15) is 45.1 Å². The molecule has 1 aliphatic heterocycles. The number of nitrogens with one attached hydrogen (secondary N) is 4. The summed E-state index contributed by atoms with van der Waals surface area (Å²) in [5.41, 5.74) is 11.5. The first-order chi connectivity index (χ1) is 17.6. The molecule has 12 nitrogen and oxygen atoms in total. The molecule has 0 radical (unpaired) electrons. The number of nitrogens with zero attached hydrogens (tertiary/aromatic N) is 1. The number of benzene rings is 1. The molecular formula is C25H39N7O5. The molecule has 3 amide bonds. The molecule has 0 spiro atoms. The summed E-state index contributed by atoms with van der Waals surface area (Å²) >= 11 is 0. The number of carboxylic acids is 1.